The smallest absolute Gasteiger partial charge is 0.238 e. The van der Waals surface area contributed by atoms with E-state index in [2.05, 4.69) is 26.6 Å². The van der Waals surface area contributed by atoms with Gasteiger partial charge in [0.05, 0.1) is 42.3 Å². The molecule has 0 aliphatic carbocycles. The highest BCUT2D eigenvalue weighted by Crippen LogP contribution is 2.35. The molecule has 1 aliphatic rings. The largest absolute Gasteiger partial charge is 0.367 e. The lowest BCUT2D eigenvalue weighted by atomic mass is 10.1. The van der Waals surface area contributed by atoms with E-state index >= 15 is 0 Å². The molecule has 1 unspecified atom stereocenters. The summed E-state index contributed by atoms with van der Waals surface area (Å²) >= 11 is 0. The van der Waals surface area contributed by atoms with Gasteiger partial charge in [-0.25, -0.2) is 23.3 Å². The first-order valence-corrected chi connectivity index (χ1v) is 8.81. The minimum Gasteiger partial charge on any atom is -0.367 e. The van der Waals surface area contributed by atoms with Crippen LogP contribution in [0.15, 0.2) is 42.2 Å². The number of anilines is 2. The molecule has 1 atom stereocenters. The van der Waals surface area contributed by atoms with Gasteiger partial charge in [-0.05, 0) is 25.5 Å². The van der Waals surface area contributed by atoms with Gasteiger partial charge >= 0.3 is 0 Å². The van der Waals surface area contributed by atoms with Gasteiger partial charge in [0, 0.05) is 5.71 Å². The molecule has 0 saturated carbocycles. The summed E-state index contributed by atoms with van der Waals surface area (Å²) in [5, 5.41) is 3.98. The van der Waals surface area contributed by atoms with E-state index in [1.807, 2.05) is 11.8 Å². The van der Waals surface area contributed by atoms with Crippen molar-refractivity contribution >= 4 is 28.7 Å². The number of aliphatic imine (C=N–C) groups is 1. The summed E-state index contributed by atoms with van der Waals surface area (Å²) in [6, 6.07) is 3.44. The fourth-order valence-electron chi connectivity index (χ4n) is 3.34. The van der Waals surface area contributed by atoms with Crippen molar-refractivity contribution in [3.8, 4) is 11.3 Å². The molecule has 144 valence electrons. The number of pyridine rings is 1. The van der Waals surface area contributed by atoms with Crippen LogP contribution in [0.1, 0.15) is 13.3 Å². The van der Waals surface area contributed by atoms with Crippen molar-refractivity contribution in [2.45, 2.75) is 19.5 Å². The third-order valence-corrected chi connectivity index (χ3v) is 4.49. The maximum Gasteiger partial charge on any atom is 0.238 e. The van der Waals surface area contributed by atoms with Crippen LogP contribution in [0.4, 0.5) is 26.2 Å². The van der Waals surface area contributed by atoms with Crippen molar-refractivity contribution in [1.29, 1.82) is 0 Å². The number of alkyl halides is 1. The molecule has 0 fully saturated rings. The third kappa shape index (κ3) is 3.19. The number of aromatic nitrogens is 4. The quantitative estimate of drug-likeness (QED) is 0.683. The minimum atomic E-state index is -1.08. The summed E-state index contributed by atoms with van der Waals surface area (Å²) in [6.45, 7) is 6.08. The second-order valence-corrected chi connectivity index (χ2v) is 6.69. The highest BCUT2D eigenvalue weighted by molar-refractivity contribution is 5.94. The van der Waals surface area contributed by atoms with Crippen LogP contribution in [0, 0.1) is 5.82 Å². The molecule has 0 radical (unpaired) electrons. The Morgan fingerprint density at radius 3 is 3.00 bits per heavy atom. The molecule has 0 amide bonds. The lowest BCUT2D eigenvalue weighted by Gasteiger charge is -2.29. The lowest BCUT2D eigenvalue weighted by molar-refractivity contribution is 0.339. The fraction of sp³-hybridized carbons (Fsp3) is 0.263. The van der Waals surface area contributed by atoms with E-state index < -0.39 is 12.0 Å². The normalized spacial score (nSPS) is 14.7. The van der Waals surface area contributed by atoms with E-state index in [1.165, 1.54) is 16.9 Å². The zero-order chi connectivity index (χ0) is 19.8. The Balaban J connectivity index is 1.80. The number of nitrogens with zero attached hydrogens (tertiary/aromatic N) is 6. The van der Waals surface area contributed by atoms with Crippen molar-refractivity contribution < 1.29 is 8.78 Å². The van der Waals surface area contributed by atoms with Crippen LogP contribution < -0.4 is 10.6 Å². The average molecular weight is 383 g/mol. The van der Waals surface area contributed by atoms with Gasteiger partial charge in [0.1, 0.15) is 11.9 Å². The maximum atomic E-state index is 14.6. The van der Waals surface area contributed by atoms with E-state index in [0.717, 1.165) is 5.71 Å². The second-order valence-electron chi connectivity index (χ2n) is 6.69. The summed E-state index contributed by atoms with van der Waals surface area (Å²) in [5.41, 5.74) is 8.15. The molecular weight excluding hydrogens is 364 g/mol. The van der Waals surface area contributed by atoms with Crippen molar-refractivity contribution in [2.75, 3.05) is 23.7 Å². The van der Waals surface area contributed by atoms with Crippen LogP contribution in [0.2, 0.25) is 0 Å². The van der Waals surface area contributed by atoms with E-state index in [0.29, 0.717) is 29.3 Å². The first-order valence-electron chi connectivity index (χ1n) is 8.81. The molecule has 0 bridgehead atoms. The Morgan fingerprint density at radius 2 is 2.21 bits per heavy atom. The number of allylic oxidation sites excluding steroid dienone is 1. The number of fused-ring (bicyclic) bond motifs is 2. The topological polar surface area (TPSA) is 84.7 Å². The minimum absolute atomic E-state index is 0.0413. The van der Waals surface area contributed by atoms with Crippen LogP contribution in [0.5, 0.6) is 0 Å². The van der Waals surface area contributed by atoms with Gasteiger partial charge in [-0.3, -0.25) is 4.99 Å². The summed E-state index contributed by atoms with van der Waals surface area (Å²) in [6.07, 6.45) is 3.40. The molecule has 9 heteroatoms. The molecule has 4 heterocycles. The molecule has 7 nitrogen and oxygen atoms in total. The van der Waals surface area contributed by atoms with E-state index in [1.54, 1.807) is 18.2 Å². The predicted octanol–water partition coefficient (Wildman–Crippen LogP) is 3.34. The predicted molar refractivity (Wildman–Crippen MR) is 105 cm³/mol. The number of nitrogen functional groups attached to an aromatic ring is 1. The van der Waals surface area contributed by atoms with E-state index in [9.17, 15) is 8.78 Å². The van der Waals surface area contributed by atoms with Crippen LogP contribution in [-0.4, -0.2) is 44.6 Å². The summed E-state index contributed by atoms with van der Waals surface area (Å²) in [5.74, 6) is 0.0639. The van der Waals surface area contributed by atoms with Crippen molar-refractivity contribution in [3.63, 3.8) is 0 Å². The summed E-state index contributed by atoms with van der Waals surface area (Å²) in [4.78, 5) is 14.9. The number of halogens is 2. The number of nitrogens with two attached hydrogens (primary N) is 1. The van der Waals surface area contributed by atoms with Gasteiger partial charge in [0.2, 0.25) is 5.95 Å². The molecule has 3 aromatic rings. The summed E-state index contributed by atoms with van der Waals surface area (Å²) < 4.78 is 30.2. The van der Waals surface area contributed by atoms with Crippen molar-refractivity contribution in [1.82, 2.24) is 19.6 Å². The Hall–Kier alpha value is -3.36. The molecule has 0 aromatic carbocycles. The van der Waals surface area contributed by atoms with Gasteiger partial charge in [0.25, 0.3) is 0 Å². The van der Waals surface area contributed by atoms with E-state index in [-0.39, 0.29) is 24.5 Å². The first-order chi connectivity index (χ1) is 13.5. The van der Waals surface area contributed by atoms with Gasteiger partial charge in [-0.1, -0.05) is 6.08 Å². The first kappa shape index (κ1) is 18.0. The zero-order valence-electron chi connectivity index (χ0n) is 15.3. The monoisotopic (exact) mass is 383 g/mol. The highest BCUT2D eigenvalue weighted by Gasteiger charge is 2.24. The third-order valence-electron chi connectivity index (χ3n) is 4.49. The molecule has 4 rings (SSSR count). The van der Waals surface area contributed by atoms with Crippen LogP contribution in [0.25, 0.3) is 16.8 Å². The number of hydrogen-bond donors (Lipinski definition) is 1. The molecule has 1 aliphatic heterocycles. The van der Waals surface area contributed by atoms with Crippen molar-refractivity contribution in [3.05, 3.63) is 43.0 Å². The number of rotatable bonds is 5. The van der Waals surface area contributed by atoms with Crippen molar-refractivity contribution in [2.24, 2.45) is 4.99 Å². The zero-order valence-corrected chi connectivity index (χ0v) is 15.3. The highest BCUT2D eigenvalue weighted by atomic mass is 19.1. The molecule has 0 spiro atoms. The van der Waals surface area contributed by atoms with Gasteiger partial charge in [-0.2, -0.15) is 0 Å². The molecular formula is C19H19F2N7. The Bertz CT molecular complexity index is 1090. The molecule has 2 N–H and O–H groups in total. The van der Waals surface area contributed by atoms with Gasteiger partial charge < -0.3 is 10.6 Å². The lowest BCUT2D eigenvalue weighted by Crippen LogP contribution is -2.36. The number of hydrogen-bond acceptors (Lipinski definition) is 6. The molecule has 0 saturated heterocycles. The Labute approximate surface area is 160 Å². The van der Waals surface area contributed by atoms with Gasteiger partial charge in [-0.15, -0.1) is 11.7 Å². The van der Waals surface area contributed by atoms with Crippen LogP contribution >= 0.6 is 0 Å². The van der Waals surface area contributed by atoms with Crippen LogP contribution in [-0.2, 0) is 0 Å². The van der Waals surface area contributed by atoms with Crippen LogP contribution in [0.3, 0.4) is 0 Å². The fourth-order valence-corrected chi connectivity index (χ4v) is 3.34. The SMILES string of the molecule is C=CCC(F)CN1CC(C)=Nc2ccc(-c3c(F)cn4nc(N)ncc34)nc21. The standard InChI is InChI=1S/C19H19F2N7/c1-3-4-12(20)9-27-8-11(2)24-15-6-5-14(25-18(15)27)17-13(21)10-28-16(17)7-23-19(22)26-28/h3,5-7,10,12H,1,4,8-9H2,2H3,(H2,22,26). The van der Waals surface area contributed by atoms with E-state index in [4.69, 9.17) is 5.73 Å². The molecule has 28 heavy (non-hydrogen) atoms. The Kier molecular flexibility index (Phi) is 4.50. The van der Waals surface area contributed by atoms with Gasteiger partial charge in [0.15, 0.2) is 11.6 Å². The molecule has 3 aromatic heterocycles. The summed E-state index contributed by atoms with van der Waals surface area (Å²) in [7, 11) is 0. The average Bonchev–Trinajstić information content (AvgIpc) is 2.96. The maximum absolute atomic E-state index is 14.6. The Morgan fingerprint density at radius 1 is 1.39 bits per heavy atom. The second kappa shape index (κ2) is 6.99.